The van der Waals surface area contributed by atoms with Crippen LogP contribution in [0.1, 0.15) is 5.56 Å². The molecule has 5 nitrogen and oxygen atoms in total. The Hall–Kier alpha value is -2.11. The van der Waals surface area contributed by atoms with Crippen LogP contribution in [0.2, 0.25) is 10.0 Å². The van der Waals surface area contributed by atoms with Crippen molar-refractivity contribution in [2.45, 2.75) is 6.54 Å². The van der Waals surface area contributed by atoms with Crippen molar-refractivity contribution in [1.29, 1.82) is 0 Å². The molecular weight excluding hydrogens is 323 g/mol. The molecular formula is C15H12Cl2N4O. The first-order valence-electron chi connectivity index (χ1n) is 6.52. The molecule has 22 heavy (non-hydrogen) atoms. The summed E-state index contributed by atoms with van der Waals surface area (Å²) in [5.41, 5.74) is 1.72. The fraction of sp³-hybridized carbons (Fsp3) is 0.133. The minimum Gasteiger partial charge on any atom is -0.497 e. The highest BCUT2D eigenvalue weighted by Crippen LogP contribution is 2.22. The predicted molar refractivity (Wildman–Crippen MR) is 85.4 cm³/mol. The first-order chi connectivity index (χ1) is 10.7. The number of hydrogen-bond donors (Lipinski definition) is 0. The van der Waals surface area contributed by atoms with Gasteiger partial charge in [0.2, 0.25) is 5.82 Å². The van der Waals surface area contributed by atoms with Crippen LogP contribution in [-0.2, 0) is 6.54 Å². The molecule has 0 aliphatic heterocycles. The first-order valence-corrected chi connectivity index (χ1v) is 7.27. The van der Waals surface area contributed by atoms with Crippen molar-refractivity contribution in [3.63, 3.8) is 0 Å². The van der Waals surface area contributed by atoms with Crippen LogP contribution in [0.25, 0.3) is 11.4 Å². The predicted octanol–water partition coefficient (Wildman–Crippen LogP) is 3.70. The quantitative estimate of drug-likeness (QED) is 0.729. The molecule has 0 N–H and O–H groups in total. The van der Waals surface area contributed by atoms with E-state index in [9.17, 15) is 0 Å². The number of benzene rings is 2. The van der Waals surface area contributed by atoms with E-state index in [2.05, 4.69) is 15.4 Å². The molecule has 0 aliphatic carbocycles. The molecule has 112 valence electrons. The second kappa shape index (κ2) is 6.34. The Balaban J connectivity index is 1.84. The molecule has 0 unspecified atom stereocenters. The Bertz CT molecular complexity index is 804. The Morgan fingerprint density at radius 1 is 1.14 bits per heavy atom. The summed E-state index contributed by atoms with van der Waals surface area (Å²) in [6.45, 7) is 0.424. The number of halogens is 2. The lowest BCUT2D eigenvalue weighted by Gasteiger charge is -2.03. The number of aromatic nitrogens is 4. The zero-order valence-electron chi connectivity index (χ0n) is 11.7. The largest absolute Gasteiger partial charge is 0.497 e. The number of rotatable bonds is 4. The summed E-state index contributed by atoms with van der Waals surface area (Å²) < 4.78 is 5.19. The smallest absolute Gasteiger partial charge is 0.205 e. The zero-order chi connectivity index (χ0) is 15.5. The van der Waals surface area contributed by atoms with Crippen LogP contribution >= 0.6 is 23.2 Å². The highest BCUT2D eigenvalue weighted by atomic mass is 35.5. The summed E-state index contributed by atoms with van der Waals surface area (Å²) in [7, 11) is 1.62. The van der Waals surface area contributed by atoms with Gasteiger partial charge in [0.05, 0.1) is 13.7 Å². The molecule has 3 rings (SSSR count). The molecule has 0 saturated heterocycles. The van der Waals surface area contributed by atoms with Crippen LogP contribution in [0.5, 0.6) is 5.75 Å². The van der Waals surface area contributed by atoms with E-state index in [0.29, 0.717) is 22.4 Å². The SMILES string of the molecule is COc1cccc(-c2nnn(Cc3ccc(Cl)cc3Cl)n2)c1. The van der Waals surface area contributed by atoms with Crippen LogP contribution in [0.3, 0.4) is 0 Å². The van der Waals surface area contributed by atoms with Gasteiger partial charge in [0.1, 0.15) is 5.75 Å². The van der Waals surface area contributed by atoms with Crippen molar-refractivity contribution in [2.24, 2.45) is 0 Å². The number of nitrogens with zero attached hydrogens (tertiary/aromatic N) is 4. The van der Waals surface area contributed by atoms with E-state index >= 15 is 0 Å². The van der Waals surface area contributed by atoms with E-state index in [0.717, 1.165) is 16.9 Å². The minimum atomic E-state index is 0.424. The van der Waals surface area contributed by atoms with E-state index in [-0.39, 0.29) is 0 Å². The standard InChI is InChI=1S/C15H12Cl2N4O/c1-22-13-4-2-3-10(7-13)15-18-20-21(19-15)9-11-5-6-12(16)8-14(11)17/h2-8H,9H2,1H3. The van der Waals surface area contributed by atoms with Crippen molar-refractivity contribution in [2.75, 3.05) is 7.11 Å². The van der Waals surface area contributed by atoms with Gasteiger partial charge in [-0.25, -0.2) is 0 Å². The molecule has 0 aliphatic rings. The minimum absolute atomic E-state index is 0.424. The normalized spacial score (nSPS) is 10.7. The Kier molecular flexibility index (Phi) is 4.27. The molecule has 0 atom stereocenters. The maximum atomic E-state index is 6.15. The summed E-state index contributed by atoms with van der Waals surface area (Å²) in [6, 6.07) is 12.8. The lowest BCUT2D eigenvalue weighted by molar-refractivity contribution is 0.415. The molecule has 1 heterocycles. The van der Waals surface area contributed by atoms with Gasteiger partial charge in [-0.3, -0.25) is 0 Å². The van der Waals surface area contributed by atoms with Crippen LogP contribution in [0.4, 0.5) is 0 Å². The Morgan fingerprint density at radius 2 is 2.00 bits per heavy atom. The monoisotopic (exact) mass is 334 g/mol. The molecule has 3 aromatic rings. The molecule has 0 saturated carbocycles. The fourth-order valence-corrected chi connectivity index (χ4v) is 2.46. The summed E-state index contributed by atoms with van der Waals surface area (Å²) in [6.07, 6.45) is 0. The van der Waals surface area contributed by atoms with Crippen molar-refractivity contribution >= 4 is 23.2 Å². The van der Waals surface area contributed by atoms with Gasteiger partial charge in [0.15, 0.2) is 0 Å². The number of tetrazole rings is 1. The Labute approximate surface area is 137 Å². The van der Waals surface area contributed by atoms with Gasteiger partial charge in [-0.2, -0.15) is 4.80 Å². The van der Waals surface area contributed by atoms with Crippen LogP contribution in [0.15, 0.2) is 42.5 Å². The first kappa shape index (κ1) is 14.8. The number of ether oxygens (including phenoxy) is 1. The summed E-state index contributed by atoms with van der Waals surface area (Å²) in [5.74, 6) is 1.28. The number of hydrogen-bond acceptors (Lipinski definition) is 4. The summed E-state index contributed by atoms with van der Waals surface area (Å²) in [4.78, 5) is 1.49. The van der Waals surface area contributed by atoms with Crippen LogP contribution in [-0.4, -0.2) is 27.3 Å². The van der Waals surface area contributed by atoms with E-state index < -0.39 is 0 Å². The molecule has 2 aromatic carbocycles. The van der Waals surface area contributed by atoms with Gasteiger partial charge in [0, 0.05) is 15.6 Å². The summed E-state index contributed by atoms with van der Waals surface area (Å²) >= 11 is 12.0. The van der Waals surface area contributed by atoms with Gasteiger partial charge in [-0.15, -0.1) is 10.2 Å². The topological polar surface area (TPSA) is 52.8 Å². The molecule has 0 bridgehead atoms. The van der Waals surface area contributed by atoms with E-state index in [4.69, 9.17) is 27.9 Å². The summed E-state index contributed by atoms with van der Waals surface area (Å²) in [5, 5.41) is 13.6. The maximum Gasteiger partial charge on any atom is 0.205 e. The molecule has 7 heteroatoms. The fourth-order valence-electron chi connectivity index (χ4n) is 1.99. The molecule has 0 amide bonds. The third-order valence-corrected chi connectivity index (χ3v) is 3.69. The van der Waals surface area contributed by atoms with E-state index in [1.165, 1.54) is 4.80 Å². The van der Waals surface area contributed by atoms with Gasteiger partial charge >= 0.3 is 0 Å². The van der Waals surface area contributed by atoms with Gasteiger partial charge in [-0.05, 0) is 35.0 Å². The molecule has 0 spiro atoms. The maximum absolute atomic E-state index is 6.15. The van der Waals surface area contributed by atoms with Crippen molar-refractivity contribution in [3.8, 4) is 17.1 Å². The van der Waals surface area contributed by atoms with Gasteiger partial charge < -0.3 is 4.74 Å². The molecule has 0 fully saturated rings. The lowest BCUT2D eigenvalue weighted by atomic mass is 10.2. The van der Waals surface area contributed by atoms with E-state index in [1.807, 2.05) is 30.3 Å². The van der Waals surface area contributed by atoms with Crippen LogP contribution < -0.4 is 4.74 Å². The second-order valence-electron chi connectivity index (χ2n) is 4.61. The number of methoxy groups -OCH3 is 1. The average Bonchev–Trinajstić information content (AvgIpc) is 2.99. The van der Waals surface area contributed by atoms with E-state index in [1.54, 1.807) is 19.2 Å². The zero-order valence-corrected chi connectivity index (χ0v) is 13.2. The van der Waals surface area contributed by atoms with Crippen molar-refractivity contribution in [1.82, 2.24) is 20.2 Å². The third kappa shape index (κ3) is 3.21. The van der Waals surface area contributed by atoms with Crippen LogP contribution in [0, 0.1) is 0 Å². The van der Waals surface area contributed by atoms with Crippen molar-refractivity contribution < 1.29 is 4.74 Å². The van der Waals surface area contributed by atoms with Crippen molar-refractivity contribution in [3.05, 3.63) is 58.1 Å². The third-order valence-electron chi connectivity index (χ3n) is 3.11. The van der Waals surface area contributed by atoms with Gasteiger partial charge in [0.25, 0.3) is 0 Å². The van der Waals surface area contributed by atoms with Gasteiger partial charge in [-0.1, -0.05) is 41.4 Å². The lowest BCUT2D eigenvalue weighted by Crippen LogP contribution is -2.04. The second-order valence-corrected chi connectivity index (χ2v) is 5.45. The highest BCUT2D eigenvalue weighted by Gasteiger charge is 2.09. The average molecular weight is 335 g/mol. The Morgan fingerprint density at radius 3 is 2.77 bits per heavy atom. The highest BCUT2D eigenvalue weighted by molar-refractivity contribution is 6.35. The molecule has 1 aromatic heterocycles. The molecule has 0 radical (unpaired) electrons.